The highest BCUT2D eigenvalue weighted by Crippen LogP contribution is 2.32. The van der Waals surface area contributed by atoms with Crippen molar-refractivity contribution in [3.05, 3.63) is 48.2 Å². The van der Waals surface area contributed by atoms with Gasteiger partial charge >= 0.3 is 0 Å². The molecule has 3 aromatic rings. The molecule has 4 rings (SSSR count). The molecule has 0 aromatic carbocycles. The van der Waals surface area contributed by atoms with Gasteiger partial charge in [-0.15, -0.1) is 0 Å². The zero-order chi connectivity index (χ0) is 23.3. The van der Waals surface area contributed by atoms with Gasteiger partial charge in [0.05, 0.1) is 5.39 Å². The Hall–Kier alpha value is -2.48. The Kier molecular flexibility index (Phi) is 7.63. The predicted octanol–water partition coefficient (Wildman–Crippen LogP) is 4.78. The van der Waals surface area contributed by atoms with Crippen LogP contribution < -0.4 is 4.90 Å². The first-order chi connectivity index (χ1) is 16.0. The maximum atomic E-state index is 13.8. The zero-order valence-corrected chi connectivity index (χ0v) is 20.9. The topological polar surface area (TPSA) is 87.1 Å². The Morgan fingerprint density at radius 3 is 2.70 bits per heavy atom. The van der Waals surface area contributed by atoms with E-state index in [9.17, 15) is 4.21 Å². The Labute approximate surface area is 197 Å². The maximum absolute atomic E-state index is 13.8. The van der Waals surface area contributed by atoms with E-state index in [-0.39, 0.29) is 0 Å². The second-order valence-corrected chi connectivity index (χ2v) is 11.8. The van der Waals surface area contributed by atoms with Gasteiger partial charge < -0.3 is 9.88 Å². The predicted molar refractivity (Wildman–Crippen MR) is 136 cm³/mol. The minimum absolute atomic E-state index is 0.441. The summed E-state index contributed by atoms with van der Waals surface area (Å²) >= 11 is 0. The molecule has 0 spiro atoms. The van der Waals surface area contributed by atoms with E-state index in [2.05, 4.69) is 44.9 Å². The second kappa shape index (κ2) is 10.6. The normalized spacial score (nSPS) is 20.5. The molecule has 1 fully saturated rings. The van der Waals surface area contributed by atoms with Crippen LogP contribution in [0.2, 0.25) is 0 Å². The van der Waals surface area contributed by atoms with Crippen molar-refractivity contribution >= 4 is 26.6 Å². The van der Waals surface area contributed by atoms with Crippen LogP contribution in [0.3, 0.4) is 0 Å². The van der Waals surface area contributed by atoms with E-state index < -0.39 is 9.73 Å². The highest BCUT2D eigenvalue weighted by Gasteiger charge is 2.28. The number of aromatic amines is 1. The summed E-state index contributed by atoms with van der Waals surface area (Å²) in [5.41, 5.74) is 3.03. The lowest BCUT2D eigenvalue weighted by molar-refractivity contribution is 0.342. The lowest BCUT2D eigenvalue weighted by atomic mass is 9.86. The lowest BCUT2D eigenvalue weighted by Gasteiger charge is -2.35. The summed E-state index contributed by atoms with van der Waals surface area (Å²) in [5.74, 6) is 2.80. The number of hydrogen-bond acceptors (Lipinski definition) is 6. The Morgan fingerprint density at radius 1 is 1.15 bits per heavy atom. The van der Waals surface area contributed by atoms with Crippen molar-refractivity contribution < 1.29 is 4.21 Å². The van der Waals surface area contributed by atoms with Crippen LogP contribution in [-0.4, -0.2) is 55.3 Å². The van der Waals surface area contributed by atoms with Crippen molar-refractivity contribution in [1.82, 2.24) is 19.9 Å². The molecule has 3 heterocycles. The van der Waals surface area contributed by atoms with Gasteiger partial charge in [0.15, 0.2) is 0 Å². The largest absolute Gasteiger partial charge is 0.356 e. The van der Waals surface area contributed by atoms with E-state index in [0.29, 0.717) is 24.3 Å². The highest BCUT2D eigenvalue weighted by atomic mass is 32.2. The third-order valence-electron chi connectivity index (χ3n) is 6.76. The molecular formula is C25H36N6OS. The van der Waals surface area contributed by atoms with Crippen molar-refractivity contribution in [1.29, 1.82) is 0 Å². The first-order valence-electron chi connectivity index (χ1n) is 12.1. The molecule has 7 nitrogen and oxygen atoms in total. The number of H-pyrrole nitrogens is 1. The maximum Gasteiger partial charge on any atom is 0.142 e. The minimum Gasteiger partial charge on any atom is -0.356 e. The average molecular weight is 469 g/mol. The van der Waals surface area contributed by atoms with E-state index in [1.54, 1.807) is 6.33 Å². The standard InChI is InChI=1S/C25H36N6OS/c1-4-13-30-33(32,15-12-20-6-5-19(2)27-16-20)17-21-7-9-22(10-8-21)31(3)25-23-11-14-26-24(23)28-18-29-25/h5-6,11,14,16,18,21-22H,4,7-10,12-13,15,17H2,1-3H3,(H,26,28,29). The van der Waals surface area contributed by atoms with Gasteiger partial charge in [-0.05, 0) is 69.1 Å². The number of nitrogens with one attached hydrogen (secondary N) is 1. The van der Waals surface area contributed by atoms with E-state index in [1.807, 2.05) is 31.5 Å². The average Bonchev–Trinajstić information content (AvgIpc) is 3.32. The van der Waals surface area contributed by atoms with E-state index >= 15 is 0 Å². The monoisotopic (exact) mass is 468 g/mol. The third-order valence-corrected chi connectivity index (χ3v) is 9.25. The van der Waals surface area contributed by atoms with Gasteiger partial charge in [-0.25, -0.2) is 18.5 Å². The van der Waals surface area contributed by atoms with Crippen LogP contribution in [0.4, 0.5) is 5.82 Å². The number of fused-ring (bicyclic) bond motifs is 1. The lowest BCUT2D eigenvalue weighted by Crippen LogP contribution is -2.37. The molecule has 1 N–H and O–H groups in total. The molecule has 3 aromatic heterocycles. The molecule has 1 saturated carbocycles. The molecule has 1 aliphatic rings. The fourth-order valence-corrected chi connectivity index (χ4v) is 7.30. The second-order valence-electron chi connectivity index (χ2n) is 9.28. The number of aryl methyl sites for hydroxylation is 2. The fourth-order valence-electron chi connectivity index (χ4n) is 4.76. The summed E-state index contributed by atoms with van der Waals surface area (Å²) in [6.07, 6.45) is 11.5. The number of rotatable bonds is 9. The number of aromatic nitrogens is 4. The molecule has 8 heteroatoms. The highest BCUT2D eigenvalue weighted by molar-refractivity contribution is 7.93. The van der Waals surface area contributed by atoms with Crippen molar-refractivity contribution in [2.24, 2.45) is 10.3 Å². The molecule has 0 saturated heterocycles. The van der Waals surface area contributed by atoms with Crippen LogP contribution in [0.25, 0.3) is 11.0 Å². The van der Waals surface area contributed by atoms with Gasteiger partial charge in [0, 0.05) is 59.0 Å². The molecular weight excluding hydrogens is 432 g/mol. The molecule has 178 valence electrons. The van der Waals surface area contributed by atoms with Crippen LogP contribution in [0.1, 0.15) is 50.3 Å². The summed E-state index contributed by atoms with van der Waals surface area (Å²) in [6.45, 7) is 4.77. The molecule has 33 heavy (non-hydrogen) atoms. The summed E-state index contributed by atoms with van der Waals surface area (Å²) < 4.78 is 18.5. The first-order valence-corrected chi connectivity index (χ1v) is 13.9. The van der Waals surface area contributed by atoms with E-state index in [1.165, 1.54) is 0 Å². The van der Waals surface area contributed by atoms with Gasteiger partial charge in [-0.1, -0.05) is 13.0 Å². The Bertz CT molecular complexity index is 1160. The summed E-state index contributed by atoms with van der Waals surface area (Å²) in [5, 5.41) is 1.06. The van der Waals surface area contributed by atoms with E-state index in [4.69, 9.17) is 4.36 Å². The fraction of sp³-hybridized carbons (Fsp3) is 0.560. The van der Waals surface area contributed by atoms with Crippen molar-refractivity contribution in [2.75, 3.05) is 30.0 Å². The van der Waals surface area contributed by atoms with Crippen LogP contribution in [0, 0.1) is 12.8 Å². The first kappa shape index (κ1) is 23.7. The number of hydrogen-bond donors (Lipinski definition) is 1. The molecule has 0 bridgehead atoms. The SMILES string of the molecule is CCCN=S(=O)(CCc1ccc(C)nc1)CC1CCC(N(C)c2ncnc3[nH]ccc23)CC1. The van der Waals surface area contributed by atoms with Crippen LogP contribution >= 0.6 is 0 Å². The smallest absolute Gasteiger partial charge is 0.142 e. The summed E-state index contributed by atoms with van der Waals surface area (Å²) in [6, 6.07) is 6.60. The van der Waals surface area contributed by atoms with Crippen LogP contribution in [-0.2, 0) is 16.1 Å². The molecule has 1 atom stereocenters. The van der Waals surface area contributed by atoms with Gasteiger partial charge in [-0.2, -0.15) is 0 Å². The number of anilines is 1. The van der Waals surface area contributed by atoms with Gasteiger partial charge in [0.25, 0.3) is 0 Å². The third kappa shape index (κ3) is 5.91. The summed E-state index contributed by atoms with van der Waals surface area (Å²) in [4.78, 5) is 18.7. The zero-order valence-electron chi connectivity index (χ0n) is 20.0. The minimum atomic E-state index is -2.21. The molecule has 1 unspecified atom stereocenters. The quantitative estimate of drug-likeness (QED) is 0.488. The van der Waals surface area contributed by atoms with Gasteiger partial charge in [0.2, 0.25) is 0 Å². The molecule has 0 radical (unpaired) electrons. The summed E-state index contributed by atoms with van der Waals surface area (Å²) in [7, 11) is -0.0774. The van der Waals surface area contributed by atoms with Gasteiger partial charge in [0.1, 0.15) is 17.8 Å². The Balaban J connectivity index is 1.37. The van der Waals surface area contributed by atoms with Crippen molar-refractivity contribution in [3.8, 4) is 0 Å². The van der Waals surface area contributed by atoms with Crippen molar-refractivity contribution in [3.63, 3.8) is 0 Å². The van der Waals surface area contributed by atoms with Crippen LogP contribution in [0.5, 0.6) is 0 Å². The number of nitrogens with zero attached hydrogens (tertiary/aromatic N) is 5. The van der Waals surface area contributed by atoms with Crippen LogP contribution in [0.15, 0.2) is 41.3 Å². The molecule has 0 aliphatic heterocycles. The number of pyridine rings is 1. The Morgan fingerprint density at radius 2 is 1.97 bits per heavy atom. The van der Waals surface area contributed by atoms with Crippen molar-refractivity contribution in [2.45, 2.75) is 58.4 Å². The molecule has 1 aliphatic carbocycles. The van der Waals surface area contributed by atoms with Gasteiger partial charge in [-0.3, -0.25) is 4.98 Å². The van der Waals surface area contributed by atoms with E-state index in [0.717, 1.165) is 72.4 Å². The molecule has 0 amide bonds.